The van der Waals surface area contributed by atoms with E-state index in [4.69, 9.17) is 18.0 Å². The second kappa shape index (κ2) is 6.29. The molecule has 0 radical (unpaired) electrons. The van der Waals surface area contributed by atoms with Gasteiger partial charge in [0.05, 0.1) is 16.4 Å². The van der Waals surface area contributed by atoms with Crippen LogP contribution in [0, 0.1) is 0 Å². The van der Waals surface area contributed by atoms with Crippen LogP contribution in [0.3, 0.4) is 0 Å². The standard InChI is InChI=1S/C12H15N5O2S2/c1-17(7-12-14-8-15-16-12)21(18,19)10-4-2-9(3-5-10)6-11(13)20/h2-5,8H,6-7H2,1H3,(H2,13,20)(H,14,15,16). The number of aromatic nitrogens is 3. The molecule has 0 aliphatic rings. The SMILES string of the molecule is CN(Cc1ncn[nH]1)S(=O)(=O)c1ccc(CC(N)=S)cc1. The zero-order valence-corrected chi connectivity index (χ0v) is 13.0. The van der Waals surface area contributed by atoms with Gasteiger partial charge in [-0.15, -0.1) is 0 Å². The molecule has 0 saturated carbocycles. The number of benzene rings is 1. The topological polar surface area (TPSA) is 105 Å². The normalized spacial score (nSPS) is 11.7. The quantitative estimate of drug-likeness (QED) is 0.747. The van der Waals surface area contributed by atoms with Gasteiger partial charge in [-0.05, 0) is 17.7 Å². The molecular weight excluding hydrogens is 310 g/mol. The van der Waals surface area contributed by atoms with Crippen molar-refractivity contribution in [1.82, 2.24) is 19.5 Å². The zero-order valence-electron chi connectivity index (χ0n) is 11.4. The molecule has 1 aromatic carbocycles. The fraction of sp³-hybridized carbons (Fsp3) is 0.250. The van der Waals surface area contributed by atoms with Crippen LogP contribution in [0.4, 0.5) is 0 Å². The maximum absolute atomic E-state index is 12.4. The Balaban J connectivity index is 2.16. The van der Waals surface area contributed by atoms with Gasteiger partial charge in [0.2, 0.25) is 10.0 Å². The lowest BCUT2D eigenvalue weighted by Gasteiger charge is -2.16. The summed E-state index contributed by atoms with van der Waals surface area (Å²) in [5.41, 5.74) is 6.34. The maximum atomic E-state index is 12.4. The first kappa shape index (κ1) is 15.5. The van der Waals surface area contributed by atoms with Gasteiger partial charge in [0.1, 0.15) is 12.2 Å². The summed E-state index contributed by atoms with van der Waals surface area (Å²) in [6.07, 6.45) is 1.78. The van der Waals surface area contributed by atoms with Gasteiger partial charge in [-0.25, -0.2) is 13.4 Å². The van der Waals surface area contributed by atoms with Gasteiger partial charge >= 0.3 is 0 Å². The van der Waals surface area contributed by atoms with Crippen molar-refractivity contribution >= 4 is 27.2 Å². The predicted molar refractivity (Wildman–Crippen MR) is 82.0 cm³/mol. The minimum absolute atomic E-state index is 0.122. The molecule has 0 aliphatic heterocycles. The van der Waals surface area contributed by atoms with E-state index >= 15 is 0 Å². The van der Waals surface area contributed by atoms with Gasteiger partial charge in [-0.3, -0.25) is 5.10 Å². The van der Waals surface area contributed by atoms with E-state index in [1.807, 2.05) is 0 Å². The van der Waals surface area contributed by atoms with Crippen LogP contribution in [0.1, 0.15) is 11.4 Å². The molecule has 1 heterocycles. The number of hydrogen-bond acceptors (Lipinski definition) is 5. The number of H-pyrrole nitrogens is 1. The molecule has 112 valence electrons. The van der Waals surface area contributed by atoms with Crippen LogP contribution < -0.4 is 5.73 Å². The Labute approximate surface area is 128 Å². The molecule has 0 amide bonds. The lowest BCUT2D eigenvalue weighted by Crippen LogP contribution is -2.27. The third kappa shape index (κ3) is 3.84. The van der Waals surface area contributed by atoms with Crippen LogP contribution >= 0.6 is 12.2 Å². The van der Waals surface area contributed by atoms with E-state index < -0.39 is 10.0 Å². The maximum Gasteiger partial charge on any atom is 0.243 e. The molecule has 21 heavy (non-hydrogen) atoms. The molecule has 0 spiro atoms. The zero-order chi connectivity index (χ0) is 15.5. The number of aromatic amines is 1. The van der Waals surface area contributed by atoms with Gasteiger partial charge < -0.3 is 5.73 Å². The van der Waals surface area contributed by atoms with Crippen LogP contribution in [0.2, 0.25) is 0 Å². The largest absolute Gasteiger partial charge is 0.393 e. The molecule has 0 unspecified atom stereocenters. The minimum atomic E-state index is -3.58. The van der Waals surface area contributed by atoms with E-state index in [9.17, 15) is 8.42 Å². The Kier molecular flexibility index (Phi) is 4.66. The molecule has 0 atom stereocenters. The average molecular weight is 325 g/mol. The van der Waals surface area contributed by atoms with Crippen molar-refractivity contribution in [3.8, 4) is 0 Å². The van der Waals surface area contributed by atoms with E-state index in [2.05, 4.69) is 15.2 Å². The fourth-order valence-electron chi connectivity index (χ4n) is 1.76. The third-order valence-electron chi connectivity index (χ3n) is 2.85. The fourth-order valence-corrected chi connectivity index (χ4v) is 3.06. The second-order valence-electron chi connectivity index (χ2n) is 4.48. The van der Waals surface area contributed by atoms with Crippen molar-refractivity contribution < 1.29 is 8.42 Å². The van der Waals surface area contributed by atoms with Gasteiger partial charge in [-0.1, -0.05) is 24.4 Å². The average Bonchev–Trinajstić information content (AvgIpc) is 2.91. The summed E-state index contributed by atoms with van der Waals surface area (Å²) in [7, 11) is -2.09. The van der Waals surface area contributed by atoms with E-state index in [1.165, 1.54) is 17.7 Å². The monoisotopic (exact) mass is 325 g/mol. The number of nitrogens with two attached hydrogens (primary N) is 1. The summed E-state index contributed by atoms with van der Waals surface area (Å²) >= 11 is 4.82. The summed E-state index contributed by atoms with van der Waals surface area (Å²) in [4.78, 5) is 4.48. The molecule has 9 heteroatoms. The summed E-state index contributed by atoms with van der Waals surface area (Å²) in [6, 6.07) is 6.49. The highest BCUT2D eigenvalue weighted by atomic mass is 32.2. The van der Waals surface area contributed by atoms with Crippen molar-refractivity contribution in [2.45, 2.75) is 17.9 Å². The molecular formula is C12H15N5O2S2. The Morgan fingerprint density at radius 3 is 2.57 bits per heavy atom. The van der Waals surface area contributed by atoms with E-state index in [1.54, 1.807) is 24.3 Å². The minimum Gasteiger partial charge on any atom is -0.393 e. The summed E-state index contributed by atoms with van der Waals surface area (Å²) in [5.74, 6) is 0.478. The van der Waals surface area contributed by atoms with Gasteiger partial charge in [-0.2, -0.15) is 9.40 Å². The van der Waals surface area contributed by atoms with E-state index in [0.717, 1.165) is 5.56 Å². The van der Waals surface area contributed by atoms with Crippen LogP contribution in [-0.4, -0.2) is 39.9 Å². The molecule has 1 aromatic heterocycles. The first-order valence-corrected chi connectivity index (χ1v) is 7.92. The second-order valence-corrected chi connectivity index (χ2v) is 7.05. The highest BCUT2D eigenvalue weighted by Crippen LogP contribution is 2.16. The molecule has 0 fully saturated rings. The Morgan fingerprint density at radius 2 is 2.05 bits per heavy atom. The lowest BCUT2D eigenvalue weighted by atomic mass is 10.1. The molecule has 2 rings (SSSR count). The predicted octanol–water partition coefficient (Wildman–Crippen LogP) is 0.454. The van der Waals surface area contributed by atoms with Gasteiger partial charge in [0.15, 0.2) is 0 Å². The molecule has 0 aliphatic carbocycles. The Morgan fingerprint density at radius 1 is 1.38 bits per heavy atom. The number of hydrogen-bond donors (Lipinski definition) is 2. The number of nitrogens with one attached hydrogen (secondary N) is 1. The molecule has 3 N–H and O–H groups in total. The number of sulfonamides is 1. The highest BCUT2D eigenvalue weighted by molar-refractivity contribution is 7.89. The number of rotatable bonds is 6. The summed E-state index contributed by atoms with van der Waals surface area (Å²) < 4.78 is 26.0. The summed E-state index contributed by atoms with van der Waals surface area (Å²) in [5, 5.41) is 6.31. The molecule has 0 bridgehead atoms. The van der Waals surface area contributed by atoms with Gasteiger partial charge in [0, 0.05) is 13.5 Å². The van der Waals surface area contributed by atoms with Crippen molar-refractivity contribution in [3.05, 3.63) is 42.0 Å². The van der Waals surface area contributed by atoms with Crippen LogP contribution in [-0.2, 0) is 23.0 Å². The van der Waals surface area contributed by atoms with Crippen LogP contribution in [0.25, 0.3) is 0 Å². The van der Waals surface area contributed by atoms with Gasteiger partial charge in [0.25, 0.3) is 0 Å². The lowest BCUT2D eigenvalue weighted by molar-refractivity contribution is 0.457. The van der Waals surface area contributed by atoms with Crippen molar-refractivity contribution in [2.24, 2.45) is 5.73 Å². The number of nitrogens with zero attached hydrogens (tertiary/aromatic N) is 3. The Bertz CT molecular complexity index is 711. The molecule has 7 nitrogen and oxygen atoms in total. The van der Waals surface area contributed by atoms with Crippen molar-refractivity contribution in [1.29, 1.82) is 0 Å². The van der Waals surface area contributed by atoms with E-state index in [0.29, 0.717) is 17.2 Å². The van der Waals surface area contributed by atoms with Crippen molar-refractivity contribution in [3.63, 3.8) is 0 Å². The van der Waals surface area contributed by atoms with Crippen LogP contribution in [0.5, 0.6) is 0 Å². The smallest absolute Gasteiger partial charge is 0.243 e. The summed E-state index contributed by atoms with van der Waals surface area (Å²) in [6.45, 7) is 0.122. The van der Waals surface area contributed by atoms with Crippen LogP contribution in [0.15, 0.2) is 35.5 Å². The third-order valence-corrected chi connectivity index (χ3v) is 4.81. The molecule has 2 aromatic rings. The van der Waals surface area contributed by atoms with Crippen molar-refractivity contribution in [2.75, 3.05) is 7.05 Å². The number of thiocarbonyl (C=S) groups is 1. The Hall–Kier alpha value is -1.84. The van der Waals surface area contributed by atoms with E-state index in [-0.39, 0.29) is 11.4 Å². The highest BCUT2D eigenvalue weighted by Gasteiger charge is 2.21. The first-order valence-electron chi connectivity index (χ1n) is 6.07. The first-order chi connectivity index (χ1) is 9.89. The molecule has 0 saturated heterocycles.